The van der Waals surface area contributed by atoms with Gasteiger partial charge in [-0.2, -0.15) is 0 Å². The average Bonchev–Trinajstić information content (AvgIpc) is 2.46. The Morgan fingerprint density at radius 2 is 2.17 bits per heavy atom. The molecule has 0 aliphatic carbocycles. The van der Waals surface area contributed by atoms with Crippen LogP contribution in [-0.4, -0.2) is 0 Å². The molecule has 0 radical (unpaired) electrons. The molecule has 0 N–H and O–H groups in total. The van der Waals surface area contributed by atoms with E-state index < -0.39 is 0 Å². The van der Waals surface area contributed by atoms with E-state index in [1.54, 1.807) is 0 Å². The van der Waals surface area contributed by atoms with Crippen molar-refractivity contribution in [2.24, 2.45) is 0 Å². The summed E-state index contributed by atoms with van der Waals surface area (Å²) < 4.78 is 6.63. The van der Waals surface area contributed by atoms with Gasteiger partial charge in [-0.3, -0.25) is 0 Å². The molecule has 2 rings (SSSR count). The van der Waals surface area contributed by atoms with Crippen molar-refractivity contribution in [2.75, 3.05) is 0 Å². The lowest BCUT2D eigenvalue weighted by atomic mass is 10.2. The van der Waals surface area contributed by atoms with Crippen LogP contribution < -0.4 is 0 Å². The normalized spacial score (nSPS) is 10.8. The second kappa shape index (κ2) is 2.94. The van der Waals surface area contributed by atoms with Crippen molar-refractivity contribution in [3.8, 4) is 0 Å². The molecule has 0 fully saturated rings. The van der Waals surface area contributed by atoms with Gasteiger partial charge in [-0.15, -0.1) is 0 Å². The van der Waals surface area contributed by atoms with Gasteiger partial charge < -0.3 is 4.42 Å². The standard InChI is InChI=1S/C10H9BrO/c1-2-9-5-7-3-4-8(11)6-10(7)12-9/h3-6H,2H2,1H3. The number of furan rings is 1. The quantitative estimate of drug-likeness (QED) is 0.720. The second-order valence-electron chi connectivity index (χ2n) is 2.75. The third-order valence-electron chi connectivity index (χ3n) is 1.88. The molecule has 0 unspecified atom stereocenters. The van der Waals surface area contributed by atoms with Gasteiger partial charge in [0.2, 0.25) is 0 Å². The summed E-state index contributed by atoms with van der Waals surface area (Å²) in [5, 5.41) is 1.18. The van der Waals surface area contributed by atoms with E-state index in [9.17, 15) is 0 Å². The summed E-state index contributed by atoms with van der Waals surface area (Å²) in [6, 6.07) is 8.16. The van der Waals surface area contributed by atoms with E-state index in [1.165, 1.54) is 5.39 Å². The van der Waals surface area contributed by atoms with Gasteiger partial charge in [0.15, 0.2) is 0 Å². The molecule has 0 atom stereocenters. The van der Waals surface area contributed by atoms with Crippen LogP contribution in [0.2, 0.25) is 0 Å². The third-order valence-corrected chi connectivity index (χ3v) is 2.37. The Balaban J connectivity index is 2.67. The summed E-state index contributed by atoms with van der Waals surface area (Å²) in [5.41, 5.74) is 0.959. The smallest absolute Gasteiger partial charge is 0.135 e. The zero-order valence-corrected chi connectivity index (χ0v) is 8.39. The van der Waals surface area contributed by atoms with Crippen molar-refractivity contribution in [3.63, 3.8) is 0 Å². The van der Waals surface area contributed by atoms with E-state index in [1.807, 2.05) is 12.1 Å². The lowest BCUT2D eigenvalue weighted by Gasteiger charge is -1.88. The first-order valence-electron chi connectivity index (χ1n) is 3.97. The van der Waals surface area contributed by atoms with Crippen molar-refractivity contribution in [2.45, 2.75) is 13.3 Å². The molecule has 0 saturated carbocycles. The summed E-state index contributed by atoms with van der Waals surface area (Å²) >= 11 is 3.40. The Bertz CT molecular complexity index is 403. The van der Waals surface area contributed by atoms with Crippen LogP contribution in [0.5, 0.6) is 0 Å². The zero-order chi connectivity index (χ0) is 8.55. The lowest BCUT2D eigenvalue weighted by Crippen LogP contribution is -1.67. The average molecular weight is 225 g/mol. The van der Waals surface area contributed by atoms with Crippen LogP contribution in [-0.2, 0) is 6.42 Å². The van der Waals surface area contributed by atoms with Crippen LogP contribution in [0.3, 0.4) is 0 Å². The molecule has 2 aromatic rings. The van der Waals surface area contributed by atoms with Crippen LogP contribution in [0, 0.1) is 0 Å². The molecule has 0 aliphatic rings. The highest BCUT2D eigenvalue weighted by molar-refractivity contribution is 9.10. The minimum atomic E-state index is 0.951. The Labute approximate surface area is 79.5 Å². The first kappa shape index (κ1) is 7.87. The number of benzene rings is 1. The molecule has 0 spiro atoms. The van der Waals surface area contributed by atoms with E-state index >= 15 is 0 Å². The highest BCUT2D eigenvalue weighted by atomic mass is 79.9. The fourth-order valence-electron chi connectivity index (χ4n) is 1.23. The third kappa shape index (κ3) is 1.27. The van der Waals surface area contributed by atoms with Gasteiger partial charge in [0.05, 0.1) is 0 Å². The molecule has 2 heteroatoms. The Morgan fingerprint density at radius 3 is 2.92 bits per heavy atom. The molecule has 62 valence electrons. The molecule has 0 aliphatic heterocycles. The molecule has 1 nitrogen and oxygen atoms in total. The molecule has 1 aromatic carbocycles. The fraction of sp³-hybridized carbons (Fsp3) is 0.200. The van der Waals surface area contributed by atoms with E-state index in [4.69, 9.17) is 4.42 Å². The van der Waals surface area contributed by atoms with E-state index in [2.05, 4.69) is 35.0 Å². The minimum absolute atomic E-state index is 0.951. The highest BCUT2D eigenvalue weighted by Gasteiger charge is 2.01. The van der Waals surface area contributed by atoms with Crippen molar-refractivity contribution in [1.82, 2.24) is 0 Å². The Kier molecular flexibility index (Phi) is 1.93. The predicted octanol–water partition coefficient (Wildman–Crippen LogP) is 3.76. The van der Waals surface area contributed by atoms with E-state index in [-0.39, 0.29) is 0 Å². The summed E-state index contributed by atoms with van der Waals surface area (Å²) in [4.78, 5) is 0. The van der Waals surface area contributed by atoms with Crippen molar-refractivity contribution in [3.05, 3.63) is 34.5 Å². The fourth-order valence-corrected chi connectivity index (χ4v) is 1.57. The molecule has 0 saturated heterocycles. The van der Waals surface area contributed by atoms with Gasteiger partial charge in [0.1, 0.15) is 11.3 Å². The van der Waals surface area contributed by atoms with Crippen LogP contribution in [0.1, 0.15) is 12.7 Å². The molecule has 1 heterocycles. The van der Waals surface area contributed by atoms with Crippen LogP contribution in [0.25, 0.3) is 11.0 Å². The largest absolute Gasteiger partial charge is 0.461 e. The maximum Gasteiger partial charge on any atom is 0.135 e. The van der Waals surface area contributed by atoms with Gasteiger partial charge in [-0.1, -0.05) is 22.9 Å². The molecule has 0 amide bonds. The topological polar surface area (TPSA) is 13.1 Å². The van der Waals surface area contributed by atoms with E-state index in [0.717, 1.165) is 22.2 Å². The summed E-state index contributed by atoms with van der Waals surface area (Å²) in [6.07, 6.45) is 0.951. The molecule has 12 heavy (non-hydrogen) atoms. The lowest BCUT2D eigenvalue weighted by molar-refractivity contribution is 0.557. The van der Waals surface area contributed by atoms with Gasteiger partial charge in [-0.05, 0) is 24.3 Å². The highest BCUT2D eigenvalue weighted by Crippen LogP contribution is 2.23. The van der Waals surface area contributed by atoms with Crippen LogP contribution >= 0.6 is 15.9 Å². The SMILES string of the molecule is CCc1cc2ccc(Br)cc2o1. The molecular weight excluding hydrogens is 216 g/mol. The Morgan fingerprint density at radius 1 is 1.33 bits per heavy atom. The maximum absolute atomic E-state index is 5.57. The number of hydrogen-bond acceptors (Lipinski definition) is 1. The number of rotatable bonds is 1. The van der Waals surface area contributed by atoms with E-state index in [0.29, 0.717) is 0 Å². The monoisotopic (exact) mass is 224 g/mol. The number of fused-ring (bicyclic) bond motifs is 1. The summed E-state index contributed by atoms with van der Waals surface area (Å²) in [5.74, 6) is 1.04. The first-order valence-corrected chi connectivity index (χ1v) is 4.77. The van der Waals surface area contributed by atoms with Crippen molar-refractivity contribution in [1.29, 1.82) is 0 Å². The van der Waals surface area contributed by atoms with Gasteiger partial charge in [0, 0.05) is 16.3 Å². The molecule has 0 bridgehead atoms. The Hall–Kier alpha value is -0.760. The summed E-state index contributed by atoms with van der Waals surface area (Å²) in [7, 11) is 0. The zero-order valence-electron chi connectivity index (χ0n) is 6.80. The van der Waals surface area contributed by atoms with Gasteiger partial charge in [-0.25, -0.2) is 0 Å². The number of hydrogen-bond donors (Lipinski definition) is 0. The first-order chi connectivity index (χ1) is 5.79. The van der Waals surface area contributed by atoms with Crippen molar-refractivity contribution >= 4 is 26.9 Å². The van der Waals surface area contributed by atoms with Gasteiger partial charge in [0.25, 0.3) is 0 Å². The second-order valence-corrected chi connectivity index (χ2v) is 3.66. The van der Waals surface area contributed by atoms with Crippen LogP contribution in [0.4, 0.5) is 0 Å². The summed E-state index contributed by atoms with van der Waals surface area (Å²) in [6.45, 7) is 2.09. The number of halogens is 1. The predicted molar refractivity (Wildman–Crippen MR) is 53.3 cm³/mol. The van der Waals surface area contributed by atoms with Crippen LogP contribution in [0.15, 0.2) is 33.2 Å². The minimum Gasteiger partial charge on any atom is -0.461 e. The molecule has 1 aromatic heterocycles. The van der Waals surface area contributed by atoms with Crippen molar-refractivity contribution < 1.29 is 4.42 Å². The van der Waals surface area contributed by atoms with Gasteiger partial charge >= 0.3 is 0 Å². The number of aryl methyl sites for hydroxylation is 1. The maximum atomic E-state index is 5.57. The molecular formula is C10H9BrO.